The van der Waals surface area contributed by atoms with Crippen molar-refractivity contribution < 1.29 is 29.3 Å². The summed E-state index contributed by atoms with van der Waals surface area (Å²) in [5.41, 5.74) is -0.542. The molecule has 0 bridgehead atoms. The third kappa shape index (κ3) is 4.01. The van der Waals surface area contributed by atoms with Crippen LogP contribution in [-0.4, -0.2) is 39.8 Å². The number of hydrogen-bond donors (Lipinski definition) is 4. The fourth-order valence-electron chi connectivity index (χ4n) is 1.47. The van der Waals surface area contributed by atoms with Crippen molar-refractivity contribution in [2.75, 3.05) is 6.54 Å². The molecular formula is C12H14FNO5. The highest BCUT2D eigenvalue weighted by molar-refractivity contribution is 5.88. The minimum Gasteiger partial charge on any atom is -0.478 e. The molecule has 1 aromatic rings. The summed E-state index contributed by atoms with van der Waals surface area (Å²) in [5, 5.41) is 30.4. The Balaban J connectivity index is 2.87. The Kier molecular flexibility index (Phi) is 4.96. The van der Waals surface area contributed by atoms with Gasteiger partial charge in [-0.05, 0) is 17.7 Å². The first-order chi connectivity index (χ1) is 8.82. The zero-order valence-corrected chi connectivity index (χ0v) is 10.1. The lowest BCUT2D eigenvalue weighted by molar-refractivity contribution is -0.119. The predicted molar refractivity (Wildman–Crippen MR) is 63.0 cm³/mol. The van der Waals surface area contributed by atoms with Crippen LogP contribution in [-0.2, 0) is 4.79 Å². The van der Waals surface area contributed by atoms with Crippen LogP contribution in [0.25, 0.3) is 0 Å². The number of halogens is 1. The molecule has 1 aromatic carbocycles. The zero-order chi connectivity index (χ0) is 14.6. The van der Waals surface area contributed by atoms with Gasteiger partial charge in [0.05, 0.1) is 5.56 Å². The van der Waals surface area contributed by atoms with E-state index < -0.39 is 29.6 Å². The summed E-state index contributed by atoms with van der Waals surface area (Å²) in [5.74, 6) is -2.78. The third-order valence-electron chi connectivity index (χ3n) is 2.49. The van der Waals surface area contributed by atoms with Gasteiger partial charge in [0.25, 0.3) is 0 Å². The van der Waals surface area contributed by atoms with Crippen LogP contribution in [0.4, 0.5) is 4.39 Å². The fraction of sp³-hybridized carbons (Fsp3) is 0.333. The maximum absolute atomic E-state index is 13.2. The van der Waals surface area contributed by atoms with Gasteiger partial charge in [-0.25, -0.2) is 9.18 Å². The predicted octanol–water partition coefficient (Wildman–Crippen LogP) is 0.0543. The molecule has 2 atom stereocenters. The maximum Gasteiger partial charge on any atom is 0.338 e. The van der Waals surface area contributed by atoms with Crippen LogP contribution < -0.4 is 5.32 Å². The van der Waals surface area contributed by atoms with Gasteiger partial charge < -0.3 is 20.6 Å². The highest BCUT2D eigenvalue weighted by Crippen LogP contribution is 2.20. The van der Waals surface area contributed by atoms with Gasteiger partial charge in [-0.1, -0.05) is 6.07 Å². The highest BCUT2D eigenvalue weighted by Gasteiger charge is 2.21. The lowest BCUT2D eigenvalue weighted by atomic mass is 10.0. The molecular weight excluding hydrogens is 257 g/mol. The second-order valence-corrected chi connectivity index (χ2v) is 3.99. The molecule has 0 fully saturated rings. The minimum absolute atomic E-state index is 0.0525. The van der Waals surface area contributed by atoms with E-state index in [4.69, 9.17) is 5.11 Å². The number of aromatic carboxylic acids is 1. The van der Waals surface area contributed by atoms with E-state index in [1.54, 1.807) is 0 Å². The molecule has 0 aliphatic heterocycles. The monoisotopic (exact) mass is 271 g/mol. The van der Waals surface area contributed by atoms with Crippen molar-refractivity contribution in [1.82, 2.24) is 5.32 Å². The number of carboxylic acid groups (broad SMARTS) is 1. The SMILES string of the molecule is CC(=O)NCC(O)C(O)c1ccc(F)c(C(=O)O)c1. The van der Waals surface area contributed by atoms with Gasteiger partial charge in [0.15, 0.2) is 0 Å². The Morgan fingerprint density at radius 1 is 1.37 bits per heavy atom. The van der Waals surface area contributed by atoms with Gasteiger partial charge in [-0.3, -0.25) is 4.79 Å². The maximum atomic E-state index is 13.2. The molecule has 0 aromatic heterocycles. The van der Waals surface area contributed by atoms with Crippen LogP contribution in [0.5, 0.6) is 0 Å². The number of hydrogen-bond acceptors (Lipinski definition) is 4. The van der Waals surface area contributed by atoms with Crippen molar-refractivity contribution in [2.24, 2.45) is 0 Å². The molecule has 0 saturated carbocycles. The third-order valence-corrected chi connectivity index (χ3v) is 2.49. The highest BCUT2D eigenvalue weighted by atomic mass is 19.1. The van der Waals surface area contributed by atoms with Gasteiger partial charge in [-0.15, -0.1) is 0 Å². The summed E-state index contributed by atoms with van der Waals surface area (Å²) in [6.45, 7) is 1.05. The fourth-order valence-corrected chi connectivity index (χ4v) is 1.47. The Labute approximate surface area is 108 Å². The van der Waals surface area contributed by atoms with Crippen molar-refractivity contribution in [3.8, 4) is 0 Å². The zero-order valence-electron chi connectivity index (χ0n) is 10.1. The number of rotatable bonds is 5. The number of carbonyl (C=O) groups is 2. The van der Waals surface area contributed by atoms with Crippen molar-refractivity contribution >= 4 is 11.9 Å². The van der Waals surface area contributed by atoms with E-state index in [1.807, 2.05) is 0 Å². The number of carboxylic acids is 1. The Morgan fingerprint density at radius 2 is 2.00 bits per heavy atom. The first kappa shape index (κ1) is 15.1. The van der Waals surface area contributed by atoms with Crippen molar-refractivity contribution in [2.45, 2.75) is 19.1 Å². The lowest BCUT2D eigenvalue weighted by Gasteiger charge is -2.18. The molecule has 1 rings (SSSR count). The molecule has 0 aliphatic carbocycles. The van der Waals surface area contributed by atoms with Crippen molar-refractivity contribution in [3.63, 3.8) is 0 Å². The second kappa shape index (κ2) is 6.26. The van der Waals surface area contributed by atoms with E-state index in [1.165, 1.54) is 13.0 Å². The Hall–Kier alpha value is -1.99. The quantitative estimate of drug-likeness (QED) is 0.605. The molecule has 19 heavy (non-hydrogen) atoms. The van der Waals surface area contributed by atoms with E-state index in [0.29, 0.717) is 0 Å². The molecule has 6 nitrogen and oxygen atoms in total. The molecule has 0 spiro atoms. The van der Waals surface area contributed by atoms with Crippen LogP contribution in [0.3, 0.4) is 0 Å². The molecule has 2 unspecified atom stereocenters. The summed E-state index contributed by atoms with van der Waals surface area (Å²) in [6, 6.07) is 3.01. The van der Waals surface area contributed by atoms with Gasteiger partial charge in [0.1, 0.15) is 18.0 Å². The number of aliphatic hydroxyl groups excluding tert-OH is 2. The normalized spacial score (nSPS) is 13.7. The number of carbonyl (C=O) groups excluding carboxylic acids is 1. The number of amides is 1. The summed E-state index contributed by atoms with van der Waals surface area (Å²) < 4.78 is 13.2. The largest absolute Gasteiger partial charge is 0.478 e. The summed E-state index contributed by atoms with van der Waals surface area (Å²) in [4.78, 5) is 21.4. The summed E-state index contributed by atoms with van der Waals surface area (Å²) in [7, 11) is 0. The second-order valence-electron chi connectivity index (χ2n) is 3.99. The van der Waals surface area contributed by atoms with Crippen LogP contribution in [0.2, 0.25) is 0 Å². The van der Waals surface area contributed by atoms with E-state index >= 15 is 0 Å². The standard InChI is InChI=1S/C12H14FNO5/c1-6(15)14-5-10(16)11(17)7-2-3-9(13)8(4-7)12(18)19/h2-4,10-11,16-17H,5H2,1H3,(H,14,15)(H,18,19). The Bertz CT molecular complexity index is 491. The van der Waals surface area contributed by atoms with E-state index in [2.05, 4.69) is 5.32 Å². The molecule has 4 N–H and O–H groups in total. The van der Waals surface area contributed by atoms with Crippen LogP contribution >= 0.6 is 0 Å². The molecule has 0 heterocycles. The molecule has 104 valence electrons. The molecule has 7 heteroatoms. The van der Waals surface area contributed by atoms with E-state index in [0.717, 1.165) is 12.1 Å². The first-order valence-electron chi connectivity index (χ1n) is 5.46. The summed E-state index contributed by atoms with van der Waals surface area (Å²) >= 11 is 0. The molecule has 0 saturated heterocycles. The van der Waals surface area contributed by atoms with Gasteiger partial charge >= 0.3 is 5.97 Å². The molecule has 0 aliphatic rings. The van der Waals surface area contributed by atoms with E-state index in [-0.39, 0.29) is 18.0 Å². The average Bonchev–Trinajstić information content (AvgIpc) is 2.35. The molecule has 0 radical (unpaired) electrons. The van der Waals surface area contributed by atoms with Crippen LogP contribution in [0.1, 0.15) is 28.9 Å². The summed E-state index contributed by atoms with van der Waals surface area (Å²) in [6.07, 6.45) is -2.75. The van der Waals surface area contributed by atoms with Gasteiger partial charge in [0, 0.05) is 13.5 Å². The Morgan fingerprint density at radius 3 is 2.53 bits per heavy atom. The smallest absolute Gasteiger partial charge is 0.338 e. The molecule has 1 amide bonds. The van der Waals surface area contributed by atoms with Crippen molar-refractivity contribution in [1.29, 1.82) is 0 Å². The number of nitrogens with one attached hydrogen (secondary N) is 1. The lowest BCUT2D eigenvalue weighted by Crippen LogP contribution is -2.34. The number of aliphatic hydroxyl groups is 2. The van der Waals surface area contributed by atoms with E-state index in [9.17, 15) is 24.2 Å². The van der Waals surface area contributed by atoms with Crippen molar-refractivity contribution in [3.05, 3.63) is 35.1 Å². The number of benzene rings is 1. The van der Waals surface area contributed by atoms with Crippen LogP contribution in [0, 0.1) is 5.82 Å². The van der Waals surface area contributed by atoms with Gasteiger partial charge in [-0.2, -0.15) is 0 Å². The topological polar surface area (TPSA) is 107 Å². The minimum atomic E-state index is -1.47. The van der Waals surface area contributed by atoms with Gasteiger partial charge in [0.2, 0.25) is 5.91 Å². The first-order valence-corrected chi connectivity index (χ1v) is 5.46. The van der Waals surface area contributed by atoms with Crippen LogP contribution in [0.15, 0.2) is 18.2 Å². The average molecular weight is 271 g/mol.